The predicted molar refractivity (Wildman–Crippen MR) is 199 cm³/mol. The van der Waals surface area contributed by atoms with Crippen molar-refractivity contribution in [3.05, 3.63) is 29.6 Å². The third kappa shape index (κ3) is 6.40. The van der Waals surface area contributed by atoms with Crippen molar-refractivity contribution in [2.75, 3.05) is 0 Å². The number of hydrogen-bond acceptors (Lipinski definition) is 5. The molecule has 4 unspecified atom stereocenters. The summed E-state index contributed by atoms with van der Waals surface area (Å²) in [4.78, 5) is 38.3. The van der Waals surface area contributed by atoms with Gasteiger partial charge in [0, 0.05) is 17.5 Å². The Kier molecular flexibility index (Phi) is 9.74. The van der Waals surface area contributed by atoms with Crippen molar-refractivity contribution >= 4 is 17.8 Å². The number of carboxylic acids is 1. The van der Waals surface area contributed by atoms with Crippen LogP contribution in [0.25, 0.3) is 0 Å². The molecule has 51 heavy (non-hydrogen) atoms. The topological polar surface area (TPSA) is 121 Å². The van der Waals surface area contributed by atoms with Crippen LogP contribution < -0.4 is 5.32 Å². The van der Waals surface area contributed by atoms with Gasteiger partial charge in [-0.05, 0) is 141 Å². The molecule has 1 aromatic rings. The van der Waals surface area contributed by atoms with Gasteiger partial charge in [0.25, 0.3) is 0 Å². The summed E-state index contributed by atoms with van der Waals surface area (Å²) in [5.41, 5.74) is 2.92. The molecule has 3 N–H and O–H groups in total. The Morgan fingerprint density at radius 1 is 0.961 bits per heavy atom. The van der Waals surface area contributed by atoms with Crippen LogP contribution in [0.5, 0.6) is 0 Å². The van der Waals surface area contributed by atoms with Gasteiger partial charge in [0.15, 0.2) is 0 Å². The number of carbonyl (C=O) groups is 3. The standard InChI is InChI=1S/C43H67N3O5/c1-26(2)29-13-18-43(22-34(47)44-25-28-21-27(3)45-46-28)20-19-41(9)30(37(29)43)11-12-32-40(8)16-15-33(39(6,7)31(40)14-17-42(32,41)10)51-36(50)24-38(4,5)23-35(48)49/h21,29-33,37H,1,11-20,22-25H2,2-10H3,(H,44,47)(H,45,46)(H,48,49)/t29-,30+,31?,32?,33?,37?,40-,41+,42+,43+/m0/s1. The smallest absolute Gasteiger partial charge is 0.306 e. The quantitative estimate of drug-likeness (QED) is 0.165. The maximum atomic E-state index is 13.7. The van der Waals surface area contributed by atoms with Crippen molar-refractivity contribution < 1.29 is 24.2 Å². The van der Waals surface area contributed by atoms with E-state index in [0.717, 1.165) is 49.9 Å². The second-order valence-electron chi connectivity index (χ2n) is 20.3. The molecule has 1 heterocycles. The Hall–Kier alpha value is -2.64. The molecule has 0 saturated heterocycles. The van der Waals surface area contributed by atoms with Crippen molar-refractivity contribution in [3.63, 3.8) is 0 Å². The Labute approximate surface area is 307 Å². The SMILES string of the molecule is C=C(C)[C@@H]1CC[C@]2(CC(=O)NCc3cc(C)[nH]n3)CC[C@]3(C)[C@H](CCC4[C@@]5(C)CCC(OC(=O)CC(C)(C)CC(=O)O)C(C)(C)C5CC[C@]43C)C12. The van der Waals surface area contributed by atoms with E-state index >= 15 is 0 Å². The lowest BCUT2D eigenvalue weighted by atomic mass is 9.32. The molecule has 0 aromatic carbocycles. The molecule has 284 valence electrons. The van der Waals surface area contributed by atoms with Gasteiger partial charge in [0.1, 0.15) is 6.10 Å². The fourth-order valence-corrected chi connectivity index (χ4v) is 14.0. The zero-order valence-corrected chi connectivity index (χ0v) is 33.2. The summed E-state index contributed by atoms with van der Waals surface area (Å²) in [7, 11) is 0. The Morgan fingerprint density at radius 3 is 2.33 bits per heavy atom. The first-order valence-corrected chi connectivity index (χ1v) is 20.0. The van der Waals surface area contributed by atoms with Gasteiger partial charge >= 0.3 is 11.9 Å². The lowest BCUT2D eigenvalue weighted by Gasteiger charge is -2.73. The molecule has 1 aromatic heterocycles. The minimum atomic E-state index is -0.885. The van der Waals surface area contributed by atoms with Crippen LogP contribution in [-0.4, -0.2) is 39.3 Å². The highest BCUT2D eigenvalue weighted by Crippen LogP contribution is 2.78. The zero-order chi connectivity index (χ0) is 37.4. The summed E-state index contributed by atoms with van der Waals surface area (Å²) in [6.07, 6.45) is 11.7. The average Bonchev–Trinajstić information content (AvgIpc) is 3.60. The Balaban J connectivity index is 1.21. The van der Waals surface area contributed by atoms with Crippen LogP contribution in [-0.2, 0) is 25.7 Å². The number of rotatable bonds is 10. The summed E-state index contributed by atoms with van der Waals surface area (Å²) in [6.45, 7) is 25.4. The molecule has 5 aliphatic rings. The van der Waals surface area contributed by atoms with Gasteiger partial charge < -0.3 is 15.2 Å². The van der Waals surface area contributed by atoms with E-state index in [9.17, 15) is 19.5 Å². The molecule has 5 aliphatic carbocycles. The first-order valence-electron chi connectivity index (χ1n) is 20.0. The minimum absolute atomic E-state index is 0.0205. The number of nitrogens with zero attached hydrogens (tertiary/aromatic N) is 1. The summed E-state index contributed by atoms with van der Waals surface area (Å²) in [6, 6.07) is 2.00. The average molecular weight is 706 g/mol. The molecule has 0 aliphatic heterocycles. The number of fused-ring (bicyclic) bond motifs is 7. The number of aromatic nitrogens is 2. The van der Waals surface area contributed by atoms with E-state index in [-0.39, 0.29) is 57.9 Å². The van der Waals surface area contributed by atoms with Gasteiger partial charge in [-0.25, -0.2) is 0 Å². The van der Waals surface area contributed by atoms with Gasteiger partial charge in [-0.1, -0.05) is 60.6 Å². The number of aromatic amines is 1. The number of carboxylic acid groups (broad SMARTS) is 1. The van der Waals surface area contributed by atoms with Gasteiger partial charge in [-0.3, -0.25) is 19.5 Å². The summed E-state index contributed by atoms with van der Waals surface area (Å²) < 4.78 is 6.27. The lowest BCUT2D eigenvalue weighted by molar-refractivity contribution is -0.250. The number of hydrogen-bond donors (Lipinski definition) is 3. The van der Waals surface area contributed by atoms with Crippen LogP contribution in [0.15, 0.2) is 18.2 Å². The van der Waals surface area contributed by atoms with E-state index in [0.29, 0.717) is 42.6 Å². The number of ether oxygens (including phenoxy) is 1. The summed E-state index contributed by atoms with van der Waals surface area (Å²) in [5.74, 6) is 1.55. The second kappa shape index (κ2) is 13.0. The number of H-pyrrole nitrogens is 1. The summed E-state index contributed by atoms with van der Waals surface area (Å²) >= 11 is 0. The van der Waals surface area contributed by atoms with Crippen LogP contribution in [0.2, 0.25) is 0 Å². The molecule has 8 nitrogen and oxygen atoms in total. The number of aryl methyl sites for hydroxylation is 1. The largest absolute Gasteiger partial charge is 0.481 e. The van der Waals surface area contributed by atoms with E-state index in [2.05, 4.69) is 63.6 Å². The van der Waals surface area contributed by atoms with E-state index in [1.807, 2.05) is 26.8 Å². The molecule has 0 bridgehead atoms. The molecule has 10 atom stereocenters. The monoisotopic (exact) mass is 706 g/mol. The van der Waals surface area contributed by atoms with Crippen LogP contribution in [0.3, 0.4) is 0 Å². The Morgan fingerprint density at radius 2 is 1.69 bits per heavy atom. The Bertz CT molecular complexity index is 1550. The van der Waals surface area contributed by atoms with Crippen LogP contribution in [0.4, 0.5) is 0 Å². The van der Waals surface area contributed by atoms with Gasteiger partial charge in [-0.2, -0.15) is 5.10 Å². The van der Waals surface area contributed by atoms with Gasteiger partial charge in [0.2, 0.25) is 5.91 Å². The molecular formula is C43H67N3O5. The zero-order valence-electron chi connectivity index (χ0n) is 33.2. The number of carbonyl (C=O) groups excluding carboxylic acids is 2. The third-order valence-corrected chi connectivity index (χ3v) is 16.4. The molecule has 0 radical (unpaired) electrons. The number of allylic oxidation sites excluding steroid dienone is 1. The van der Waals surface area contributed by atoms with Crippen molar-refractivity contribution in [2.24, 2.45) is 62.1 Å². The fourth-order valence-electron chi connectivity index (χ4n) is 14.0. The molecule has 6 rings (SSSR count). The predicted octanol–water partition coefficient (Wildman–Crippen LogP) is 9.18. The van der Waals surface area contributed by atoms with Crippen molar-refractivity contribution in [2.45, 2.75) is 158 Å². The number of esters is 1. The van der Waals surface area contributed by atoms with E-state index < -0.39 is 11.4 Å². The third-order valence-electron chi connectivity index (χ3n) is 16.4. The number of amides is 1. The molecule has 5 saturated carbocycles. The van der Waals surface area contributed by atoms with Crippen LogP contribution in [0, 0.1) is 69.0 Å². The molecule has 1 amide bonds. The normalized spacial score (nSPS) is 39.9. The highest BCUT2D eigenvalue weighted by atomic mass is 16.5. The maximum Gasteiger partial charge on any atom is 0.306 e. The van der Waals surface area contributed by atoms with E-state index in [4.69, 9.17) is 4.74 Å². The second-order valence-corrected chi connectivity index (χ2v) is 20.3. The molecule has 8 heteroatoms. The number of aliphatic carboxylic acids is 1. The van der Waals surface area contributed by atoms with E-state index in [1.54, 1.807) is 0 Å². The minimum Gasteiger partial charge on any atom is -0.481 e. The molecule has 0 spiro atoms. The molecule has 5 fully saturated rings. The first kappa shape index (κ1) is 38.1. The van der Waals surface area contributed by atoms with Gasteiger partial charge in [-0.15, -0.1) is 0 Å². The highest BCUT2D eigenvalue weighted by Gasteiger charge is 2.71. The van der Waals surface area contributed by atoms with Crippen molar-refractivity contribution in [1.82, 2.24) is 15.5 Å². The molecular weight excluding hydrogens is 638 g/mol. The fraction of sp³-hybridized carbons (Fsp3) is 0.814. The van der Waals surface area contributed by atoms with Crippen LogP contribution in [0.1, 0.15) is 150 Å². The lowest BCUT2D eigenvalue weighted by Crippen LogP contribution is -2.67. The van der Waals surface area contributed by atoms with Crippen molar-refractivity contribution in [1.29, 1.82) is 0 Å². The van der Waals surface area contributed by atoms with Gasteiger partial charge in [0.05, 0.1) is 25.1 Å². The first-order chi connectivity index (χ1) is 23.7. The maximum absolute atomic E-state index is 13.7. The summed E-state index contributed by atoms with van der Waals surface area (Å²) in [5, 5.41) is 19.9. The van der Waals surface area contributed by atoms with Crippen LogP contribution >= 0.6 is 0 Å². The van der Waals surface area contributed by atoms with E-state index in [1.165, 1.54) is 31.3 Å². The van der Waals surface area contributed by atoms with Crippen molar-refractivity contribution in [3.8, 4) is 0 Å². The highest BCUT2D eigenvalue weighted by molar-refractivity contribution is 5.77. The number of nitrogens with one attached hydrogen (secondary N) is 2.